The van der Waals surface area contributed by atoms with Crippen molar-refractivity contribution in [1.82, 2.24) is 5.32 Å². The zero-order chi connectivity index (χ0) is 9.56. The number of hydrogen-bond acceptors (Lipinski definition) is 2. The Labute approximate surface area is 74.7 Å². The molecule has 0 saturated carbocycles. The summed E-state index contributed by atoms with van der Waals surface area (Å²) in [6, 6.07) is 0.0748. The van der Waals surface area contributed by atoms with E-state index in [-0.39, 0.29) is 11.9 Å². The van der Waals surface area contributed by atoms with Crippen LogP contribution < -0.4 is 11.1 Å². The van der Waals surface area contributed by atoms with E-state index in [9.17, 15) is 4.79 Å². The zero-order valence-corrected chi connectivity index (χ0v) is 8.26. The van der Waals surface area contributed by atoms with Crippen LogP contribution >= 0.6 is 0 Å². The average molecular weight is 172 g/mol. The van der Waals surface area contributed by atoms with Crippen molar-refractivity contribution in [1.29, 1.82) is 0 Å². The molecule has 0 aromatic carbocycles. The lowest BCUT2D eigenvalue weighted by molar-refractivity contribution is -0.121. The second-order valence-corrected chi connectivity index (χ2v) is 3.46. The third kappa shape index (κ3) is 5.13. The molecule has 3 nitrogen and oxygen atoms in total. The van der Waals surface area contributed by atoms with Gasteiger partial charge in [-0.2, -0.15) is 0 Å². The molecule has 0 aliphatic rings. The third-order valence-electron chi connectivity index (χ3n) is 1.87. The standard InChI is InChI=1S/C9H20N2O/c1-4-5-9(12)11-6-8(10)7(2)3/h7-8H,4-6,10H2,1-3H3,(H,11,12). The Hall–Kier alpha value is -0.570. The summed E-state index contributed by atoms with van der Waals surface area (Å²) in [6.07, 6.45) is 1.49. The van der Waals surface area contributed by atoms with Crippen molar-refractivity contribution in [3.05, 3.63) is 0 Å². The largest absolute Gasteiger partial charge is 0.355 e. The van der Waals surface area contributed by atoms with E-state index in [4.69, 9.17) is 5.73 Å². The number of carbonyl (C=O) groups is 1. The molecule has 0 saturated heterocycles. The van der Waals surface area contributed by atoms with Gasteiger partial charge in [0.15, 0.2) is 0 Å². The van der Waals surface area contributed by atoms with E-state index in [2.05, 4.69) is 19.2 Å². The minimum atomic E-state index is 0.0748. The number of carbonyl (C=O) groups excluding carboxylic acids is 1. The fourth-order valence-corrected chi connectivity index (χ4v) is 0.783. The highest BCUT2D eigenvalue weighted by atomic mass is 16.1. The molecule has 1 unspecified atom stereocenters. The van der Waals surface area contributed by atoms with Crippen molar-refractivity contribution in [2.24, 2.45) is 11.7 Å². The fourth-order valence-electron chi connectivity index (χ4n) is 0.783. The Morgan fingerprint density at radius 1 is 1.50 bits per heavy atom. The molecule has 0 radical (unpaired) electrons. The lowest BCUT2D eigenvalue weighted by Crippen LogP contribution is -2.40. The van der Waals surface area contributed by atoms with E-state index < -0.39 is 0 Å². The highest BCUT2D eigenvalue weighted by Crippen LogP contribution is 1.96. The topological polar surface area (TPSA) is 55.1 Å². The number of rotatable bonds is 5. The lowest BCUT2D eigenvalue weighted by Gasteiger charge is -2.15. The Kier molecular flexibility index (Phi) is 5.72. The predicted octanol–water partition coefficient (Wildman–Crippen LogP) is 0.886. The second kappa shape index (κ2) is 6.00. The highest BCUT2D eigenvalue weighted by molar-refractivity contribution is 5.75. The quantitative estimate of drug-likeness (QED) is 0.647. The van der Waals surface area contributed by atoms with Gasteiger partial charge in [0.2, 0.25) is 5.91 Å². The summed E-state index contributed by atoms with van der Waals surface area (Å²) in [5.74, 6) is 0.528. The molecule has 1 atom stereocenters. The molecular weight excluding hydrogens is 152 g/mol. The summed E-state index contributed by atoms with van der Waals surface area (Å²) in [7, 11) is 0. The van der Waals surface area contributed by atoms with E-state index >= 15 is 0 Å². The first-order chi connectivity index (χ1) is 5.57. The maximum absolute atomic E-state index is 11.0. The van der Waals surface area contributed by atoms with Crippen molar-refractivity contribution in [2.45, 2.75) is 39.7 Å². The van der Waals surface area contributed by atoms with Crippen LogP contribution in [0.5, 0.6) is 0 Å². The van der Waals surface area contributed by atoms with Crippen LogP contribution in [-0.4, -0.2) is 18.5 Å². The van der Waals surface area contributed by atoms with Gasteiger partial charge in [-0.3, -0.25) is 4.79 Å². The molecule has 0 aromatic rings. The van der Waals surface area contributed by atoms with Crippen molar-refractivity contribution in [2.75, 3.05) is 6.54 Å². The van der Waals surface area contributed by atoms with Crippen LogP contribution in [0.2, 0.25) is 0 Å². The fraction of sp³-hybridized carbons (Fsp3) is 0.889. The highest BCUT2D eigenvalue weighted by Gasteiger charge is 2.08. The van der Waals surface area contributed by atoms with E-state index in [1.54, 1.807) is 0 Å². The zero-order valence-electron chi connectivity index (χ0n) is 8.26. The molecular formula is C9H20N2O. The van der Waals surface area contributed by atoms with Crippen LogP contribution in [0.1, 0.15) is 33.6 Å². The summed E-state index contributed by atoms with van der Waals surface area (Å²) in [5.41, 5.74) is 5.75. The lowest BCUT2D eigenvalue weighted by atomic mass is 10.1. The number of hydrogen-bond donors (Lipinski definition) is 2. The normalized spacial score (nSPS) is 13.1. The van der Waals surface area contributed by atoms with Gasteiger partial charge in [0, 0.05) is 19.0 Å². The molecule has 3 heteroatoms. The first-order valence-corrected chi connectivity index (χ1v) is 4.60. The minimum absolute atomic E-state index is 0.0748. The summed E-state index contributed by atoms with van der Waals surface area (Å²) in [4.78, 5) is 11.0. The van der Waals surface area contributed by atoms with Crippen molar-refractivity contribution >= 4 is 5.91 Å². The molecule has 0 heterocycles. The van der Waals surface area contributed by atoms with Crippen molar-refractivity contribution < 1.29 is 4.79 Å². The van der Waals surface area contributed by atoms with Gasteiger partial charge in [0.1, 0.15) is 0 Å². The molecule has 0 bridgehead atoms. The molecule has 0 aliphatic heterocycles. The van der Waals surface area contributed by atoms with Crippen LogP contribution in [0.3, 0.4) is 0 Å². The molecule has 3 N–H and O–H groups in total. The molecule has 1 amide bonds. The summed E-state index contributed by atoms with van der Waals surface area (Å²) in [6.45, 7) is 6.69. The molecule has 0 spiro atoms. The monoisotopic (exact) mass is 172 g/mol. The predicted molar refractivity (Wildman–Crippen MR) is 50.7 cm³/mol. The number of amides is 1. The first-order valence-electron chi connectivity index (χ1n) is 4.60. The van der Waals surface area contributed by atoms with Gasteiger partial charge in [0.05, 0.1) is 0 Å². The third-order valence-corrected chi connectivity index (χ3v) is 1.87. The summed E-state index contributed by atoms with van der Waals surface area (Å²) >= 11 is 0. The van der Waals surface area contributed by atoms with E-state index in [0.29, 0.717) is 18.9 Å². The van der Waals surface area contributed by atoms with Crippen molar-refractivity contribution in [3.63, 3.8) is 0 Å². The van der Waals surface area contributed by atoms with Crippen LogP contribution in [0.4, 0.5) is 0 Å². The molecule has 0 fully saturated rings. The van der Waals surface area contributed by atoms with Crippen LogP contribution in [0.25, 0.3) is 0 Å². The van der Waals surface area contributed by atoms with Crippen LogP contribution in [0, 0.1) is 5.92 Å². The van der Waals surface area contributed by atoms with E-state index in [1.165, 1.54) is 0 Å². The number of nitrogens with one attached hydrogen (secondary N) is 1. The molecule has 12 heavy (non-hydrogen) atoms. The van der Waals surface area contributed by atoms with E-state index in [0.717, 1.165) is 6.42 Å². The van der Waals surface area contributed by atoms with Gasteiger partial charge in [-0.05, 0) is 12.3 Å². The molecule has 0 aromatic heterocycles. The smallest absolute Gasteiger partial charge is 0.220 e. The van der Waals surface area contributed by atoms with E-state index in [1.807, 2.05) is 6.92 Å². The second-order valence-electron chi connectivity index (χ2n) is 3.46. The maximum atomic E-state index is 11.0. The van der Waals surface area contributed by atoms with Gasteiger partial charge in [-0.1, -0.05) is 20.8 Å². The maximum Gasteiger partial charge on any atom is 0.220 e. The number of nitrogens with two attached hydrogens (primary N) is 1. The van der Waals surface area contributed by atoms with Gasteiger partial charge in [0.25, 0.3) is 0 Å². The van der Waals surface area contributed by atoms with Gasteiger partial charge >= 0.3 is 0 Å². The molecule has 0 aliphatic carbocycles. The van der Waals surface area contributed by atoms with Gasteiger partial charge in [-0.25, -0.2) is 0 Å². The molecule has 0 rings (SSSR count). The SMILES string of the molecule is CCCC(=O)NCC(N)C(C)C. The Morgan fingerprint density at radius 3 is 2.50 bits per heavy atom. The Morgan fingerprint density at radius 2 is 2.08 bits per heavy atom. The Bertz CT molecular complexity index is 134. The van der Waals surface area contributed by atoms with Crippen LogP contribution in [0.15, 0.2) is 0 Å². The average Bonchev–Trinajstić information content (AvgIpc) is 2.00. The van der Waals surface area contributed by atoms with Crippen molar-refractivity contribution in [3.8, 4) is 0 Å². The molecule has 72 valence electrons. The summed E-state index contributed by atoms with van der Waals surface area (Å²) in [5, 5.41) is 2.80. The van der Waals surface area contributed by atoms with Gasteiger partial charge in [-0.15, -0.1) is 0 Å². The minimum Gasteiger partial charge on any atom is -0.355 e. The Balaban J connectivity index is 3.47. The van der Waals surface area contributed by atoms with Gasteiger partial charge < -0.3 is 11.1 Å². The summed E-state index contributed by atoms with van der Waals surface area (Å²) < 4.78 is 0. The first kappa shape index (κ1) is 11.4. The van der Waals surface area contributed by atoms with Crippen LogP contribution in [-0.2, 0) is 4.79 Å².